The van der Waals surface area contributed by atoms with E-state index in [1.807, 2.05) is 24.3 Å². The van der Waals surface area contributed by atoms with Gasteiger partial charge < -0.3 is 10.5 Å². The zero-order chi connectivity index (χ0) is 11.4. The minimum absolute atomic E-state index is 0.0736. The molecule has 1 aromatic rings. The van der Waals surface area contributed by atoms with E-state index < -0.39 is 6.67 Å². The van der Waals surface area contributed by atoms with E-state index in [2.05, 4.69) is 0 Å². The maximum Gasteiger partial charge on any atom is 0.127 e. The number of alkyl halides is 1. The fourth-order valence-electron chi connectivity index (χ4n) is 1.52. The Morgan fingerprint density at radius 1 is 1.44 bits per heavy atom. The smallest absolute Gasteiger partial charge is 0.127 e. The predicted octanol–water partition coefficient (Wildman–Crippen LogP) is 2.71. The summed E-state index contributed by atoms with van der Waals surface area (Å²) in [6.07, 6.45) is 6.45. The van der Waals surface area contributed by atoms with E-state index in [9.17, 15) is 4.39 Å². The van der Waals surface area contributed by atoms with Crippen molar-refractivity contribution in [2.45, 2.75) is 19.1 Å². The van der Waals surface area contributed by atoms with E-state index in [1.54, 1.807) is 18.2 Å². The SMILES string of the molecule is NC1C=CC(Oc2cccc(CF)c2)=CC1. The number of nitrogens with two attached hydrogens (primary N) is 1. The molecule has 0 fully saturated rings. The lowest BCUT2D eigenvalue weighted by atomic mass is 10.1. The van der Waals surface area contributed by atoms with Crippen LogP contribution in [0.3, 0.4) is 0 Å². The molecule has 1 unspecified atom stereocenters. The van der Waals surface area contributed by atoms with Gasteiger partial charge in [-0.3, -0.25) is 0 Å². The third-order valence-corrected chi connectivity index (χ3v) is 2.39. The van der Waals surface area contributed by atoms with Crippen molar-refractivity contribution in [2.24, 2.45) is 5.73 Å². The van der Waals surface area contributed by atoms with Crippen molar-refractivity contribution in [2.75, 3.05) is 0 Å². The van der Waals surface area contributed by atoms with Crippen molar-refractivity contribution >= 4 is 0 Å². The van der Waals surface area contributed by atoms with Crippen LogP contribution >= 0.6 is 0 Å². The van der Waals surface area contributed by atoms with Crippen LogP contribution in [0.15, 0.2) is 48.3 Å². The largest absolute Gasteiger partial charge is 0.458 e. The molecule has 2 N–H and O–H groups in total. The Labute approximate surface area is 94.2 Å². The van der Waals surface area contributed by atoms with Gasteiger partial charge in [-0.2, -0.15) is 0 Å². The first-order chi connectivity index (χ1) is 7.78. The number of benzene rings is 1. The summed E-state index contributed by atoms with van der Waals surface area (Å²) in [7, 11) is 0. The lowest BCUT2D eigenvalue weighted by molar-refractivity contribution is 0.433. The zero-order valence-corrected chi connectivity index (χ0v) is 8.90. The summed E-state index contributed by atoms with van der Waals surface area (Å²) >= 11 is 0. The molecule has 0 saturated heterocycles. The highest BCUT2D eigenvalue weighted by atomic mass is 19.1. The Bertz CT molecular complexity index is 426. The third kappa shape index (κ3) is 2.70. The van der Waals surface area contributed by atoms with Gasteiger partial charge in [-0.1, -0.05) is 18.2 Å². The summed E-state index contributed by atoms with van der Waals surface area (Å²) in [5, 5.41) is 0. The van der Waals surface area contributed by atoms with Crippen LogP contribution in [0.25, 0.3) is 0 Å². The van der Waals surface area contributed by atoms with Gasteiger partial charge in [-0.15, -0.1) is 0 Å². The minimum atomic E-state index is -0.475. The molecule has 2 nitrogen and oxygen atoms in total. The summed E-state index contributed by atoms with van der Waals surface area (Å²) in [5.41, 5.74) is 6.32. The first kappa shape index (κ1) is 10.9. The van der Waals surface area contributed by atoms with Crippen LogP contribution in [-0.2, 0) is 6.67 Å². The van der Waals surface area contributed by atoms with Gasteiger partial charge in [0.1, 0.15) is 18.2 Å². The first-order valence-corrected chi connectivity index (χ1v) is 5.24. The maximum atomic E-state index is 12.4. The van der Waals surface area contributed by atoms with E-state index in [0.29, 0.717) is 11.3 Å². The van der Waals surface area contributed by atoms with Crippen LogP contribution in [-0.4, -0.2) is 6.04 Å². The van der Waals surface area contributed by atoms with Crippen molar-refractivity contribution in [3.8, 4) is 5.75 Å². The number of hydrogen-bond acceptors (Lipinski definition) is 2. The van der Waals surface area contributed by atoms with Crippen molar-refractivity contribution in [3.05, 3.63) is 53.8 Å². The first-order valence-electron chi connectivity index (χ1n) is 5.24. The predicted molar refractivity (Wildman–Crippen MR) is 61.7 cm³/mol. The monoisotopic (exact) mass is 219 g/mol. The van der Waals surface area contributed by atoms with Crippen molar-refractivity contribution < 1.29 is 9.13 Å². The Balaban J connectivity index is 2.07. The molecule has 1 aliphatic rings. The average molecular weight is 219 g/mol. The highest BCUT2D eigenvalue weighted by Crippen LogP contribution is 2.19. The van der Waals surface area contributed by atoms with Crippen LogP contribution in [0.5, 0.6) is 5.75 Å². The fourth-order valence-corrected chi connectivity index (χ4v) is 1.52. The van der Waals surface area contributed by atoms with E-state index in [4.69, 9.17) is 10.5 Å². The molecule has 0 spiro atoms. The molecule has 3 heteroatoms. The van der Waals surface area contributed by atoms with Crippen LogP contribution in [0.1, 0.15) is 12.0 Å². The molecule has 84 valence electrons. The highest BCUT2D eigenvalue weighted by molar-refractivity contribution is 5.32. The second-order valence-corrected chi connectivity index (χ2v) is 3.75. The molecule has 16 heavy (non-hydrogen) atoms. The lowest BCUT2D eigenvalue weighted by Gasteiger charge is -2.13. The molecule has 0 radical (unpaired) electrons. The Morgan fingerprint density at radius 3 is 3.00 bits per heavy atom. The van der Waals surface area contributed by atoms with Crippen LogP contribution in [0.4, 0.5) is 4.39 Å². The van der Waals surface area contributed by atoms with E-state index >= 15 is 0 Å². The Hall–Kier alpha value is -1.61. The second-order valence-electron chi connectivity index (χ2n) is 3.75. The number of rotatable bonds is 3. The van der Waals surface area contributed by atoms with E-state index in [0.717, 1.165) is 12.2 Å². The van der Waals surface area contributed by atoms with Gasteiger partial charge in [0.2, 0.25) is 0 Å². The highest BCUT2D eigenvalue weighted by Gasteiger charge is 2.05. The number of halogens is 1. The van der Waals surface area contributed by atoms with Gasteiger partial charge in [0, 0.05) is 6.04 Å². The maximum absolute atomic E-state index is 12.4. The van der Waals surface area contributed by atoms with Crippen LogP contribution < -0.4 is 10.5 Å². The molecule has 0 aromatic heterocycles. The Morgan fingerprint density at radius 2 is 2.31 bits per heavy atom. The van der Waals surface area contributed by atoms with Gasteiger partial charge in [-0.05, 0) is 36.3 Å². The van der Waals surface area contributed by atoms with E-state index in [-0.39, 0.29) is 6.04 Å². The number of hydrogen-bond donors (Lipinski definition) is 1. The van der Waals surface area contributed by atoms with E-state index in [1.165, 1.54) is 0 Å². The number of allylic oxidation sites excluding steroid dienone is 1. The van der Waals surface area contributed by atoms with Crippen molar-refractivity contribution in [1.29, 1.82) is 0 Å². The fraction of sp³-hybridized carbons (Fsp3) is 0.231. The molecule has 0 aliphatic heterocycles. The molecule has 0 bridgehead atoms. The van der Waals surface area contributed by atoms with Gasteiger partial charge in [0.05, 0.1) is 0 Å². The summed E-state index contributed by atoms with van der Waals surface area (Å²) in [5.74, 6) is 1.42. The summed E-state index contributed by atoms with van der Waals surface area (Å²) in [6.45, 7) is -0.475. The quantitative estimate of drug-likeness (QED) is 0.848. The molecular formula is C13H14FNO. The number of ether oxygens (including phenoxy) is 1. The topological polar surface area (TPSA) is 35.2 Å². The zero-order valence-electron chi connectivity index (χ0n) is 8.90. The molecule has 0 heterocycles. The van der Waals surface area contributed by atoms with Crippen LogP contribution in [0, 0.1) is 0 Å². The third-order valence-electron chi connectivity index (χ3n) is 2.39. The summed E-state index contributed by atoms with van der Waals surface area (Å²) in [4.78, 5) is 0. The molecular weight excluding hydrogens is 205 g/mol. The van der Waals surface area contributed by atoms with Crippen LogP contribution in [0.2, 0.25) is 0 Å². The lowest BCUT2D eigenvalue weighted by Crippen LogP contribution is -2.18. The van der Waals surface area contributed by atoms with Gasteiger partial charge in [0.15, 0.2) is 0 Å². The average Bonchev–Trinajstić information content (AvgIpc) is 2.32. The Kier molecular flexibility index (Phi) is 3.37. The van der Waals surface area contributed by atoms with Gasteiger partial charge in [0.25, 0.3) is 0 Å². The van der Waals surface area contributed by atoms with Gasteiger partial charge >= 0.3 is 0 Å². The molecule has 1 atom stereocenters. The summed E-state index contributed by atoms with van der Waals surface area (Å²) in [6, 6.07) is 7.09. The summed E-state index contributed by atoms with van der Waals surface area (Å²) < 4.78 is 18.0. The molecule has 0 amide bonds. The second kappa shape index (κ2) is 4.94. The van der Waals surface area contributed by atoms with Gasteiger partial charge in [-0.25, -0.2) is 4.39 Å². The normalized spacial score (nSPS) is 19.4. The standard InChI is InChI=1S/C13H14FNO/c14-9-10-2-1-3-13(8-10)16-12-6-4-11(15)5-7-12/h1-4,6-8,11H,5,9,15H2. The molecule has 0 saturated carbocycles. The molecule has 1 aliphatic carbocycles. The van der Waals surface area contributed by atoms with Crippen molar-refractivity contribution in [3.63, 3.8) is 0 Å². The molecule has 1 aromatic carbocycles. The minimum Gasteiger partial charge on any atom is -0.458 e. The molecule has 2 rings (SSSR count). The van der Waals surface area contributed by atoms with Crippen molar-refractivity contribution in [1.82, 2.24) is 0 Å².